The minimum absolute atomic E-state index is 0.546. The lowest BCUT2D eigenvalue weighted by Gasteiger charge is -2.10. The molecule has 0 amide bonds. The van der Waals surface area contributed by atoms with Gasteiger partial charge in [0.05, 0.1) is 24.6 Å². The number of halogens is 1. The van der Waals surface area contributed by atoms with Crippen LogP contribution in [0.5, 0.6) is 5.75 Å². The topological polar surface area (TPSA) is 66.0 Å². The Kier molecular flexibility index (Phi) is 5.87. The lowest BCUT2D eigenvalue weighted by atomic mass is 10.2. The summed E-state index contributed by atoms with van der Waals surface area (Å²) in [5.74, 6) is 3.40. The molecule has 2 heterocycles. The van der Waals surface area contributed by atoms with Crippen molar-refractivity contribution in [1.29, 1.82) is 0 Å². The Morgan fingerprint density at radius 2 is 2.00 bits per heavy atom. The highest BCUT2D eigenvalue weighted by Crippen LogP contribution is 2.32. The Balaban J connectivity index is 1.53. The second kappa shape index (κ2) is 8.71. The van der Waals surface area contributed by atoms with Gasteiger partial charge in [-0.2, -0.15) is 0 Å². The molecule has 0 fully saturated rings. The number of methoxy groups -OCH3 is 1. The number of para-hydroxylation sites is 1. The van der Waals surface area contributed by atoms with Crippen LogP contribution in [0.4, 0.5) is 0 Å². The Hall–Kier alpha value is -2.77. The molecule has 0 bridgehead atoms. The average Bonchev–Trinajstić information content (AvgIpc) is 3.39. The van der Waals surface area contributed by atoms with Gasteiger partial charge in [0.25, 0.3) is 0 Å². The Bertz CT molecular complexity index is 1130. The van der Waals surface area contributed by atoms with Crippen LogP contribution in [0.1, 0.15) is 12.8 Å². The normalized spacial score (nSPS) is 11.0. The van der Waals surface area contributed by atoms with Crippen LogP contribution in [-0.4, -0.2) is 26.9 Å². The quantitative estimate of drug-likeness (QED) is 0.360. The van der Waals surface area contributed by atoms with Crippen LogP contribution < -0.4 is 4.74 Å². The number of hydrogen-bond acceptors (Lipinski definition) is 6. The van der Waals surface area contributed by atoms with Crippen molar-refractivity contribution in [2.45, 2.75) is 24.4 Å². The Morgan fingerprint density at radius 3 is 2.79 bits per heavy atom. The van der Waals surface area contributed by atoms with Gasteiger partial charge < -0.3 is 13.7 Å². The van der Waals surface area contributed by atoms with E-state index in [2.05, 4.69) is 26.7 Å². The molecule has 6 nitrogen and oxygen atoms in total. The lowest BCUT2D eigenvalue weighted by molar-refractivity contribution is 0.416. The average molecular weight is 427 g/mol. The lowest BCUT2D eigenvalue weighted by Crippen LogP contribution is -2.01. The van der Waals surface area contributed by atoms with Crippen LogP contribution in [0.3, 0.4) is 0 Å². The zero-order valence-electron chi connectivity index (χ0n) is 16.0. The highest BCUT2D eigenvalue weighted by molar-refractivity contribution is 7.98. The van der Waals surface area contributed by atoms with Gasteiger partial charge in [-0.15, -0.1) is 10.2 Å². The highest BCUT2D eigenvalue weighted by atomic mass is 35.5. The van der Waals surface area contributed by atoms with E-state index in [4.69, 9.17) is 20.8 Å². The van der Waals surface area contributed by atoms with Gasteiger partial charge in [-0.3, -0.25) is 0 Å². The van der Waals surface area contributed by atoms with Crippen LogP contribution in [0.25, 0.3) is 22.7 Å². The molecular weight excluding hydrogens is 408 g/mol. The molecular formula is C21H19ClN4O2S. The second-order valence-corrected chi connectivity index (χ2v) is 7.55. The molecule has 0 aliphatic carbocycles. The van der Waals surface area contributed by atoms with Crippen LogP contribution in [0.2, 0.25) is 5.02 Å². The van der Waals surface area contributed by atoms with E-state index in [1.807, 2.05) is 48.5 Å². The first-order valence-electron chi connectivity index (χ1n) is 9.09. The van der Waals surface area contributed by atoms with Crippen LogP contribution in [0, 0.1) is 0 Å². The molecule has 0 saturated heterocycles. The number of ether oxygens (including phenoxy) is 1. The molecule has 2 aromatic carbocycles. The fraction of sp³-hybridized carbons (Fsp3) is 0.190. The molecule has 0 spiro atoms. The maximum atomic E-state index is 6.06. The summed E-state index contributed by atoms with van der Waals surface area (Å²) >= 11 is 7.59. The molecule has 0 saturated carbocycles. The van der Waals surface area contributed by atoms with Crippen LogP contribution >= 0.6 is 23.4 Å². The second-order valence-electron chi connectivity index (χ2n) is 6.17. The first-order valence-corrected chi connectivity index (χ1v) is 10.5. The van der Waals surface area contributed by atoms with Gasteiger partial charge in [0.1, 0.15) is 5.75 Å². The third-order valence-electron chi connectivity index (χ3n) is 4.37. The Morgan fingerprint density at radius 1 is 1.14 bits per heavy atom. The minimum atomic E-state index is 0.546. The van der Waals surface area contributed by atoms with Crippen molar-refractivity contribution in [2.75, 3.05) is 7.11 Å². The van der Waals surface area contributed by atoms with E-state index in [9.17, 15) is 0 Å². The molecule has 2 aromatic heterocycles. The SMILES string of the molecule is CCn1c(SCc2ncc(-c3cccc(Cl)c3)o2)nnc1-c1ccccc1OC. The fourth-order valence-corrected chi connectivity index (χ4v) is 4.03. The largest absolute Gasteiger partial charge is 0.496 e. The number of aromatic nitrogens is 4. The highest BCUT2D eigenvalue weighted by Gasteiger charge is 2.17. The molecule has 29 heavy (non-hydrogen) atoms. The van der Waals surface area contributed by atoms with Gasteiger partial charge in [0, 0.05) is 17.1 Å². The zero-order valence-corrected chi connectivity index (χ0v) is 17.6. The summed E-state index contributed by atoms with van der Waals surface area (Å²) in [4.78, 5) is 4.38. The number of benzene rings is 2. The molecule has 0 aliphatic heterocycles. The van der Waals surface area contributed by atoms with Crippen LogP contribution in [-0.2, 0) is 12.3 Å². The summed E-state index contributed by atoms with van der Waals surface area (Å²) in [6.07, 6.45) is 1.71. The first kappa shape index (κ1) is 19.5. The van der Waals surface area contributed by atoms with Crippen molar-refractivity contribution in [2.24, 2.45) is 0 Å². The maximum Gasteiger partial charge on any atom is 0.205 e. The predicted octanol–water partition coefficient (Wildman–Crippen LogP) is 5.57. The minimum Gasteiger partial charge on any atom is -0.496 e. The summed E-state index contributed by atoms with van der Waals surface area (Å²) in [7, 11) is 1.65. The number of hydrogen-bond donors (Lipinski definition) is 0. The van der Waals surface area contributed by atoms with E-state index in [1.165, 1.54) is 11.8 Å². The first-order chi connectivity index (χ1) is 14.2. The third-order valence-corrected chi connectivity index (χ3v) is 5.56. The number of nitrogens with zero attached hydrogens (tertiary/aromatic N) is 4. The standard InChI is InChI=1S/C21H19ClN4O2S/c1-3-26-20(16-9-4-5-10-17(16)27-2)24-25-21(26)29-13-19-23-12-18(28-19)14-7-6-8-15(22)11-14/h4-12H,3,13H2,1-2H3. The molecule has 0 atom stereocenters. The van der Waals surface area contributed by atoms with Crippen molar-refractivity contribution < 1.29 is 9.15 Å². The maximum absolute atomic E-state index is 6.06. The van der Waals surface area contributed by atoms with Crippen LogP contribution in [0.15, 0.2) is 64.3 Å². The monoisotopic (exact) mass is 426 g/mol. The summed E-state index contributed by atoms with van der Waals surface area (Å²) in [5, 5.41) is 10.2. The molecule has 0 unspecified atom stereocenters. The molecule has 0 radical (unpaired) electrons. The van der Waals surface area contributed by atoms with E-state index >= 15 is 0 Å². The molecule has 148 valence electrons. The number of oxazole rings is 1. The van der Waals surface area contributed by atoms with E-state index < -0.39 is 0 Å². The summed E-state index contributed by atoms with van der Waals surface area (Å²) < 4.78 is 13.4. The molecule has 4 aromatic rings. The smallest absolute Gasteiger partial charge is 0.205 e. The summed E-state index contributed by atoms with van der Waals surface area (Å²) in [6.45, 7) is 2.80. The number of thioether (sulfide) groups is 1. The van der Waals surface area contributed by atoms with Gasteiger partial charge in [-0.1, -0.05) is 47.6 Å². The van der Waals surface area contributed by atoms with Gasteiger partial charge >= 0.3 is 0 Å². The van der Waals surface area contributed by atoms with E-state index in [0.29, 0.717) is 22.4 Å². The molecule has 8 heteroatoms. The van der Waals surface area contributed by atoms with Crippen molar-refractivity contribution in [3.05, 3.63) is 65.6 Å². The van der Waals surface area contributed by atoms with Gasteiger partial charge in [0.2, 0.25) is 5.89 Å². The van der Waals surface area contributed by atoms with Crippen molar-refractivity contribution >= 4 is 23.4 Å². The van der Waals surface area contributed by atoms with Crippen molar-refractivity contribution in [1.82, 2.24) is 19.7 Å². The summed E-state index contributed by atoms with van der Waals surface area (Å²) in [5.41, 5.74) is 1.81. The van der Waals surface area contributed by atoms with Gasteiger partial charge in [-0.05, 0) is 31.2 Å². The Labute approximate surface area is 177 Å². The fourth-order valence-electron chi connectivity index (χ4n) is 2.99. The number of rotatable bonds is 7. The molecule has 0 N–H and O–H groups in total. The van der Waals surface area contributed by atoms with Gasteiger partial charge in [-0.25, -0.2) is 4.98 Å². The van der Waals surface area contributed by atoms with E-state index in [0.717, 1.165) is 34.4 Å². The molecule has 4 rings (SSSR count). The summed E-state index contributed by atoms with van der Waals surface area (Å²) in [6, 6.07) is 15.3. The van der Waals surface area contributed by atoms with E-state index in [-0.39, 0.29) is 0 Å². The molecule has 0 aliphatic rings. The van der Waals surface area contributed by atoms with Gasteiger partial charge in [0.15, 0.2) is 16.7 Å². The van der Waals surface area contributed by atoms with Crippen molar-refractivity contribution in [3.63, 3.8) is 0 Å². The zero-order chi connectivity index (χ0) is 20.2. The van der Waals surface area contributed by atoms with E-state index in [1.54, 1.807) is 13.3 Å². The predicted molar refractivity (Wildman–Crippen MR) is 114 cm³/mol. The third kappa shape index (κ3) is 4.16. The van der Waals surface area contributed by atoms with Crippen molar-refractivity contribution in [3.8, 4) is 28.5 Å².